The smallest absolute Gasteiger partial charge is 0.318 e. The van der Waals surface area contributed by atoms with Gasteiger partial charge in [-0.05, 0) is 6.92 Å². The Morgan fingerprint density at radius 3 is 2.40 bits per heavy atom. The molecular weight excluding hydrogens is 198 g/mol. The molecule has 0 rings (SSSR count). The van der Waals surface area contributed by atoms with Gasteiger partial charge in [0, 0.05) is 18.6 Å². The summed E-state index contributed by atoms with van der Waals surface area (Å²) in [4.78, 5) is 21.6. The zero-order chi connectivity index (χ0) is 12.1. The Kier molecular flexibility index (Phi) is 5.24. The summed E-state index contributed by atoms with van der Waals surface area (Å²) in [6.07, 6.45) is 0. The molecule has 0 aliphatic rings. The highest BCUT2D eigenvalue weighted by Gasteiger charge is 2.20. The van der Waals surface area contributed by atoms with Crippen LogP contribution < -0.4 is 16.4 Å². The van der Waals surface area contributed by atoms with Crippen molar-refractivity contribution in [3.8, 4) is 0 Å². The lowest BCUT2D eigenvalue weighted by atomic mass is 9.94. The van der Waals surface area contributed by atoms with Crippen LogP contribution in [0.1, 0.15) is 20.8 Å². The van der Waals surface area contributed by atoms with Gasteiger partial charge in [-0.1, -0.05) is 13.8 Å². The van der Waals surface area contributed by atoms with Gasteiger partial charge < -0.3 is 16.2 Å². The zero-order valence-electron chi connectivity index (χ0n) is 9.33. The van der Waals surface area contributed by atoms with Gasteiger partial charge in [-0.25, -0.2) is 4.79 Å². The molecule has 0 bridgehead atoms. The van der Waals surface area contributed by atoms with Crippen molar-refractivity contribution in [2.45, 2.75) is 26.8 Å². The Bertz CT molecular complexity index is 241. The van der Waals surface area contributed by atoms with E-state index in [0.717, 1.165) is 0 Å². The van der Waals surface area contributed by atoms with Crippen molar-refractivity contribution in [2.24, 2.45) is 11.1 Å². The normalized spacial score (nSPS) is 13.3. The molecule has 0 heterocycles. The predicted octanol–water partition coefficient (Wildman–Crippen LogP) is -0.822. The van der Waals surface area contributed by atoms with Crippen LogP contribution in [-0.2, 0) is 4.79 Å². The van der Waals surface area contributed by atoms with Gasteiger partial charge in [0.25, 0.3) is 0 Å². The molecule has 0 saturated heterocycles. The summed E-state index contributed by atoms with van der Waals surface area (Å²) >= 11 is 0. The zero-order valence-corrected chi connectivity index (χ0v) is 9.33. The maximum atomic E-state index is 11.2. The van der Waals surface area contributed by atoms with E-state index in [2.05, 4.69) is 5.32 Å². The third-order valence-electron chi connectivity index (χ3n) is 1.95. The van der Waals surface area contributed by atoms with E-state index in [1.165, 1.54) is 0 Å². The van der Waals surface area contributed by atoms with Crippen molar-refractivity contribution in [3.05, 3.63) is 0 Å². The first-order valence-electron chi connectivity index (χ1n) is 4.73. The van der Waals surface area contributed by atoms with E-state index in [0.29, 0.717) is 6.54 Å². The van der Waals surface area contributed by atoms with E-state index in [9.17, 15) is 9.59 Å². The lowest BCUT2D eigenvalue weighted by Gasteiger charge is -2.24. The van der Waals surface area contributed by atoms with Crippen LogP contribution in [0.4, 0.5) is 4.79 Å². The third-order valence-corrected chi connectivity index (χ3v) is 1.95. The minimum Gasteiger partial charge on any atom is -0.396 e. The molecule has 0 aromatic rings. The van der Waals surface area contributed by atoms with Gasteiger partial charge in [-0.2, -0.15) is 0 Å². The van der Waals surface area contributed by atoms with Crippen molar-refractivity contribution < 1.29 is 14.7 Å². The summed E-state index contributed by atoms with van der Waals surface area (Å²) in [5.41, 5.74) is 4.50. The maximum absolute atomic E-state index is 11.2. The van der Waals surface area contributed by atoms with Gasteiger partial charge >= 0.3 is 6.03 Å². The number of nitrogens with two attached hydrogens (primary N) is 1. The number of urea groups is 1. The van der Waals surface area contributed by atoms with Gasteiger partial charge in [-0.3, -0.25) is 10.1 Å². The SMILES string of the molecule is CC(NCC(C)(C)CO)C(=O)NC(N)=O. The molecule has 0 fully saturated rings. The van der Waals surface area contributed by atoms with E-state index in [1.54, 1.807) is 6.92 Å². The summed E-state index contributed by atoms with van der Waals surface area (Å²) < 4.78 is 0. The second-order valence-corrected chi connectivity index (χ2v) is 4.28. The fourth-order valence-corrected chi connectivity index (χ4v) is 0.808. The van der Waals surface area contributed by atoms with Crippen molar-refractivity contribution in [3.63, 3.8) is 0 Å². The maximum Gasteiger partial charge on any atom is 0.318 e. The first kappa shape index (κ1) is 13.9. The highest BCUT2D eigenvalue weighted by Crippen LogP contribution is 2.11. The molecule has 1 atom stereocenters. The predicted molar refractivity (Wildman–Crippen MR) is 56.1 cm³/mol. The van der Waals surface area contributed by atoms with Gasteiger partial charge in [0.1, 0.15) is 0 Å². The minimum atomic E-state index is -0.866. The van der Waals surface area contributed by atoms with Crippen LogP contribution in [0.3, 0.4) is 0 Å². The second-order valence-electron chi connectivity index (χ2n) is 4.28. The first-order chi connectivity index (χ1) is 6.78. The molecule has 15 heavy (non-hydrogen) atoms. The number of primary amides is 1. The molecule has 0 spiro atoms. The number of hydrogen-bond acceptors (Lipinski definition) is 4. The van der Waals surface area contributed by atoms with Crippen LogP contribution in [-0.4, -0.2) is 36.2 Å². The standard InChI is InChI=1S/C9H19N3O3/c1-6(7(14)12-8(10)15)11-4-9(2,3)5-13/h6,11,13H,4-5H2,1-3H3,(H3,10,12,14,15). The molecule has 88 valence electrons. The number of aliphatic hydroxyl groups is 1. The second kappa shape index (κ2) is 5.67. The summed E-state index contributed by atoms with van der Waals surface area (Å²) in [6, 6.07) is -1.39. The lowest BCUT2D eigenvalue weighted by Crippen LogP contribution is -2.48. The van der Waals surface area contributed by atoms with Gasteiger partial charge in [0.05, 0.1) is 6.04 Å². The number of imide groups is 1. The van der Waals surface area contributed by atoms with Crippen LogP contribution >= 0.6 is 0 Å². The first-order valence-corrected chi connectivity index (χ1v) is 4.73. The molecule has 3 amide bonds. The number of carbonyl (C=O) groups is 2. The molecule has 0 radical (unpaired) electrons. The number of rotatable bonds is 5. The van der Waals surface area contributed by atoms with Crippen LogP contribution in [0.25, 0.3) is 0 Å². The van der Waals surface area contributed by atoms with Gasteiger partial charge in [0.2, 0.25) is 5.91 Å². The van der Waals surface area contributed by atoms with E-state index in [-0.39, 0.29) is 12.0 Å². The average Bonchev–Trinajstić information content (AvgIpc) is 2.13. The molecule has 6 nitrogen and oxygen atoms in total. The van der Waals surface area contributed by atoms with Crippen LogP contribution in [0, 0.1) is 5.41 Å². The topological polar surface area (TPSA) is 104 Å². The summed E-state index contributed by atoms with van der Waals surface area (Å²) in [5, 5.41) is 13.8. The van der Waals surface area contributed by atoms with E-state index < -0.39 is 18.0 Å². The Balaban J connectivity index is 3.98. The average molecular weight is 217 g/mol. The Labute approximate surface area is 89.2 Å². The van der Waals surface area contributed by atoms with E-state index >= 15 is 0 Å². The summed E-state index contributed by atoms with van der Waals surface area (Å²) in [7, 11) is 0. The number of carbonyl (C=O) groups excluding carboxylic acids is 2. The Morgan fingerprint density at radius 2 is 2.00 bits per heavy atom. The molecule has 0 aliphatic heterocycles. The monoisotopic (exact) mass is 217 g/mol. The van der Waals surface area contributed by atoms with Crippen LogP contribution in [0.15, 0.2) is 0 Å². The molecule has 1 unspecified atom stereocenters. The molecule has 5 N–H and O–H groups in total. The molecule has 0 aliphatic carbocycles. The number of nitrogens with one attached hydrogen (secondary N) is 2. The largest absolute Gasteiger partial charge is 0.396 e. The van der Waals surface area contributed by atoms with Crippen LogP contribution in [0.2, 0.25) is 0 Å². The van der Waals surface area contributed by atoms with Crippen molar-refractivity contribution in [2.75, 3.05) is 13.2 Å². The lowest BCUT2D eigenvalue weighted by molar-refractivity contribution is -0.121. The molecule has 0 aromatic heterocycles. The van der Waals surface area contributed by atoms with Crippen molar-refractivity contribution in [1.82, 2.24) is 10.6 Å². The highest BCUT2D eigenvalue weighted by molar-refractivity contribution is 5.96. The van der Waals surface area contributed by atoms with E-state index in [1.807, 2.05) is 19.2 Å². The Morgan fingerprint density at radius 1 is 1.47 bits per heavy atom. The van der Waals surface area contributed by atoms with Crippen molar-refractivity contribution in [1.29, 1.82) is 0 Å². The highest BCUT2D eigenvalue weighted by atomic mass is 16.3. The molecular formula is C9H19N3O3. The number of amides is 3. The number of hydrogen-bond donors (Lipinski definition) is 4. The molecule has 6 heteroatoms. The molecule has 0 aromatic carbocycles. The number of aliphatic hydroxyl groups excluding tert-OH is 1. The Hall–Kier alpha value is -1.14. The summed E-state index contributed by atoms with van der Waals surface area (Å²) in [5.74, 6) is -0.476. The quantitative estimate of drug-likeness (QED) is 0.483. The third kappa shape index (κ3) is 6.03. The van der Waals surface area contributed by atoms with Crippen molar-refractivity contribution >= 4 is 11.9 Å². The van der Waals surface area contributed by atoms with Gasteiger partial charge in [0.15, 0.2) is 0 Å². The fraction of sp³-hybridized carbons (Fsp3) is 0.778. The van der Waals surface area contributed by atoms with Crippen LogP contribution in [0.5, 0.6) is 0 Å². The fourth-order valence-electron chi connectivity index (χ4n) is 0.808. The molecule has 0 saturated carbocycles. The summed E-state index contributed by atoms with van der Waals surface area (Å²) in [6.45, 7) is 5.82. The minimum absolute atomic E-state index is 0.0180. The van der Waals surface area contributed by atoms with E-state index in [4.69, 9.17) is 10.8 Å². The van der Waals surface area contributed by atoms with Gasteiger partial charge in [-0.15, -0.1) is 0 Å².